The molecule has 0 unspecified atom stereocenters. The fraction of sp³-hybridized carbons (Fsp3) is 0.500. The summed E-state index contributed by atoms with van der Waals surface area (Å²) in [5.74, 6) is 0. The van der Waals surface area contributed by atoms with Crippen molar-refractivity contribution < 1.29 is 4.74 Å². The van der Waals surface area contributed by atoms with E-state index >= 15 is 0 Å². The van der Waals surface area contributed by atoms with E-state index < -0.39 is 0 Å². The average molecular weight is 216 g/mol. The van der Waals surface area contributed by atoms with Crippen molar-refractivity contribution in [2.75, 3.05) is 31.2 Å². The Balaban J connectivity index is 2.29. The summed E-state index contributed by atoms with van der Waals surface area (Å²) in [6.45, 7) is 2.70. The zero-order valence-electron chi connectivity index (χ0n) is 7.49. The highest BCUT2D eigenvalue weighted by atomic mass is 35.5. The second-order valence-electron chi connectivity index (χ2n) is 3.00. The first-order chi connectivity index (χ1) is 6.77. The SMILES string of the molecule is O=c1[nH]nc(Cl)cc1N1CCOCC1. The van der Waals surface area contributed by atoms with Gasteiger partial charge in [0.15, 0.2) is 5.15 Å². The number of hydrogen-bond donors (Lipinski definition) is 1. The van der Waals surface area contributed by atoms with E-state index in [9.17, 15) is 4.79 Å². The molecule has 6 heteroatoms. The van der Waals surface area contributed by atoms with E-state index in [-0.39, 0.29) is 5.56 Å². The first-order valence-electron chi connectivity index (χ1n) is 4.35. The van der Waals surface area contributed by atoms with Gasteiger partial charge in [0.05, 0.1) is 13.2 Å². The molecule has 1 aromatic rings. The van der Waals surface area contributed by atoms with Crippen molar-refractivity contribution in [2.24, 2.45) is 0 Å². The topological polar surface area (TPSA) is 58.2 Å². The molecule has 0 radical (unpaired) electrons. The lowest BCUT2D eigenvalue weighted by atomic mass is 10.3. The number of nitrogens with one attached hydrogen (secondary N) is 1. The average Bonchev–Trinajstić information content (AvgIpc) is 2.23. The van der Waals surface area contributed by atoms with Crippen LogP contribution in [-0.4, -0.2) is 36.5 Å². The van der Waals surface area contributed by atoms with Crippen LogP contribution < -0.4 is 10.5 Å². The van der Waals surface area contributed by atoms with Crippen LogP contribution >= 0.6 is 11.6 Å². The van der Waals surface area contributed by atoms with Gasteiger partial charge in [-0.05, 0) is 0 Å². The van der Waals surface area contributed by atoms with Crippen molar-refractivity contribution in [1.29, 1.82) is 0 Å². The second kappa shape index (κ2) is 3.98. The molecular weight excluding hydrogens is 206 g/mol. The molecule has 2 heterocycles. The summed E-state index contributed by atoms with van der Waals surface area (Å²) in [4.78, 5) is 13.4. The monoisotopic (exact) mass is 215 g/mol. The van der Waals surface area contributed by atoms with Crippen LogP contribution in [0, 0.1) is 0 Å². The van der Waals surface area contributed by atoms with Crippen LogP contribution in [0.5, 0.6) is 0 Å². The normalized spacial score (nSPS) is 17.1. The number of morpholine rings is 1. The van der Waals surface area contributed by atoms with E-state index in [1.807, 2.05) is 4.90 Å². The number of aromatic nitrogens is 2. The lowest BCUT2D eigenvalue weighted by Gasteiger charge is -2.27. The van der Waals surface area contributed by atoms with Gasteiger partial charge in [0.25, 0.3) is 5.56 Å². The van der Waals surface area contributed by atoms with Crippen LogP contribution in [-0.2, 0) is 4.74 Å². The summed E-state index contributed by atoms with van der Waals surface area (Å²) < 4.78 is 5.19. The van der Waals surface area contributed by atoms with Crippen molar-refractivity contribution in [2.45, 2.75) is 0 Å². The Labute approximate surface area is 85.6 Å². The van der Waals surface area contributed by atoms with Gasteiger partial charge in [0.2, 0.25) is 0 Å². The van der Waals surface area contributed by atoms with Gasteiger partial charge in [0.1, 0.15) is 5.69 Å². The lowest BCUT2D eigenvalue weighted by molar-refractivity contribution is 0.122. The third kappa shape index (κ3) is 1.88. The Morgan fingerprint density at radius 3 is 2.93 bits per heavy atom. The van der Waals surface area contributed by atoms with E-state index in [1.165, 1.54) is 0 Å². The van der Waals surface area contributed by atoms with E-state index in [4.69, 9.17) is 16.3 Å². The predicted molar refractivity (Wildman–Crippen MR) is 52.9 cm³/mol. The second-order valence-corrected chi connectivity index (χ2v) is 3.39. The minimum atomic E-state index is -0.212. The standard InChI is InChI=1S/C8H10ClN3O2/c9-7-5-6(8(13)11-10-7)12-1-3-14-4-2-12/h5H,1-4H2,(H,11,13). The third-order valence-corrected chi connectivity index (χ3v) is 2.30. The molecule has 0 aromatic carbocycles. The van der Waals surface area contributed by atoms with Gasteiger partial charge in [-0.25, -0.2) is 5.10 Å². The van der Waals surface area contributed by atoms with Crippen molar-refractivity contribution in [3.63, 3.8) is 0 Å². The minimum Gasteiger partial charge on any atom is -0.378 e. The number of nitrogens with zero attached hydrogens (tertiary/aromatic N) is 2. The van der Waals surface area contributed by atoms with Crippen molar-refractivity contribution in [1.82, 2.24) is 10.2 Å². The first-order valence-corrected chi connectivity index (χ1v) is 4.73. The molecule has 1 aliphatic heterocycles. The van der Waals surface area contributed by atoms with Crippen LogP contribution in [0.15, 0.2) is 10.9 Å². The zero-order chi connectivity index (χ0) is 9.97. The number of H-pyrrole nitrogens is 1. The van der Waals surface area contributed by atoms with Gasteiger partial charge in [0, 0.05) is 19.2 Å². The van der Waals surface area contributed by atoms with Crippen LogP contribution in [0.4, 0.5) is 5.69 Å². The number of halogens is 1. The number of rotatable bonds is 1. The van der Waals surface area contributed by atoms with Crippen LogP contribution in [0.25, 0.3) is 0 Å². The molecule has 1 saturated heterocycles. The number of hydrogen-bond acceptors (Lipinski definition) is 4. The molecular formula is C8H10ClN3O2. The molecule has 0 spiro atoms. The molecule has 1 fully saturated rings. The Morgan fingerprint density at radius 2 is 2.21 bits per heavy atom. The number of anilines is 1. The van der Waals surface area contributed by atoms with Crippen molar-refractivity contribution >= 4 is 17.3 Å². The quantitative estimate of drug-likeness (QED) is 0.730. The molecule has 0 bridgehead atoms. The molecule has 76 valence electrons. The van der Waals surface area contributed by atoms with Crippen molar-refractivity contribution in [3.8, 4) is 0 Å². The first kappa shape index (κ1) is 9.48. The van der Waals surface area contributed by atoms with E-state index in [2.05, 4.69) is 10.2 Å². The Hall–Kier alpha value is -1.07. The highest BCUT2D eigenvalue weighted by molar-refractivity contribution is 6.29. The summed E-state index contributed by atoms with van der Waals surface area (Å²) in [6.07, 6.45) is 0. The lowest BCUT2D eigenvalue weighted by Crippen LogP contribution is -2.39. The fourth-order valence-corrected chi connectivity index (χ4v) is 1.56. The summed E-state index contributed by atoms with van der Waals surface area (Å²) in [7, 11) is 0. The maximum absolute atomic E-state index is 11.4. The maximum Gasteiger partial charge on any atom is 0.287 e. The molecule has 1 aliphatic rings. The molecule has 1 aromatic heterocycles. The molecule has 0 saturated carbocycles. The fourth-order valence-electron chi connectivity index (χ4n) is 1.41. The molecule has 0 atom stereocenters. The largest absolute Gasteiger partial charge is 0.378 e. The Kier molecular flexibility index (Phi) is 2.69. The van der Waals surface area contributed by atoms with E-state index in [0.29, 0.717) is 37.1 Å². The third-order valence-electron chi connectivity index (χ3n) is 2.10. The van der Waals surface area contributed by atoms with Crippen molar-refractivity contribution in [3.05, 3.63) is 21.6 Å². The zero-order valence-corrected chi connectivity index (χ0v) is 8.25. The molecule has 0 aliphatic carbocycles. The highest BCUT2D eigenvalue weighted by Crippen LogP contribution is 2.12. The highest BCUT2D eigenvalue weighted by Gasteiger charge is 2.14. The van der Waals surface area contributed by atoms with Gasteiger partial charge in [-0.2, -0.15) is 5.10 Å². The number of ether oxygens (including phenoxy) is 1. The Morgan fingerprint density at radius 1 is 1.50 bits per heavy atom. The van der Waals surface area contributed by atoms with Gasteiger partial charge in [-0.1, -0.05) is 11.6 Å². The Bertz CT molecular complexity index is 373. The number of aromatic amines is 1. The van der Waals surface area contributed by atoms with Gasteiger partial charge in [-0.3, -0.25) is 4.79 Å². The molecule has 5 nitrogen and oxygen atoms in total. The van der Waals surface area contributed by atoms with E-state index in [0.717, 1.165) is 0 Å². The van der Waals surface area contributed by atoms with Gasteiger partial charge >= 0.3 is 0 Å². The van der Waals surface area contributed by atoms with E-state index in [1.54, 1.807) is 6.07 Å². The summed E-state index contributed by atoms with van der Waals surface area (Å²) in [5, 5.41) is 6.25. The summed E-state index contributed by atoms with van der Waals surface area (Å²) in [6, 6.07) is 1.58. The maximum atomic E-state index is 11.4. The minimum absolute atomic E-state index is 0.212. The molecule has 14 heavy (non-hydrogen) atoms. The van der Waals surface area contributed by atoms with Crippen LogP contribution in [0.2, 0.25) is 5.15 Å². The van der Waals surface area contributed by atoms with Gasteiger partial charge in [-0.15, -0.1) is 0 Å². The predicted octanol–water partition coefficient (Wildman–Crippen LogP) is 0.260. The summed E-state index contributed by atoms with van der Waals surface area (Å²) >= 11 is 5.70. The van der Waals surface area contributed by atoms with Gasteiger partial charge < -0.3 is 9.64 Å². The molecule has 2 rings (SSSR count). The van der Waals surface area contributed by atoms with Crippen LogP contribution in [0.1, 0.15) is 0 Å². The molecule has 0 amide bonds. The molecule has 1 N–H and O–H groups in total. The summed E-state index contributed by atoms with van der Waals surface area (Å²) in [5.41, 5.74) is 0.351. The van der Waals surface area contributed by atoms with Crippen LogP contribution in [0.3, 0.4) is 0 Å². The smallest absolute Gasteiger partial charge is 0.287 e.